The highest BCUT2D eigenvalue weighted by Gasteiger charge is 2.48. The van der Waals surface area contributed by atoms with Crippen molar-refractivity contribution in [3.8, 4) is 5.75 Å². The van der Waals surface area contributed by atoms with Crippen molar-refractivity contribution in [2.75, 3.05) is 11.5 Å². The number of hydrogen-bond donors (Lipinski definition) is 1. The first-order chi connectivity index (χ1) is 16.4. The summed E-state index contributed by atoms with van der Waals surface area (Å²) in [6.07, 6.45) is 3.08. The van der Waals surface area contributed by atoms with Crippen molar-refractivity contribution < 1.29 is 19.4 Å². The van der Waals surface area contributed by atoms with Crippen LogP contribution in [0.15, 0.2) is 54.1 Å². The maximum atomic E-state index is 13.2. The van der Waals surface area contributed by atoms with Crippen LogP contribution in [0.2, 0.25) is 5.02 Å². The largest absolute Gasteiger partial charge is 0.507 e. The van der Waals surface area contributed by atoms with Crippen molar-refractivity contribution in [3.63, 3.8) is 0 Å². The quantitative estimate of drug-likeness (QED) is 0.186. The predicted octanol–water partition coefficient (Wildman–Crippen LogP) is 5.70. The number of aliphatic hydroxyl groups is 1. The number of unbranched alkanes of at least 4 members (excludes halogenated alkanes) is 2. The fraction of sp³-hybridized carbons (Fsp3) is 0.280. The predicted molar refractivity (Wildman–Crippen MR) is 132 cm³/mol. The lowest BCUT2D eigenvalue weighted by Gasteiger charge is -2.23. The zero-order valence-electron chi connectivity index (χ0n) is 18.8. The van der Waals surface area contributed by atoms with E-state index in [0.29, 0.717) is 33.5 Å². The maximum Gasteiger partial charge on any atom is 0.301 e. The molecule has 1 aromatic heterocycles. The van der Waals surface area contributed by atoms with Gasteiger partial charge in [0, 0.05) is 10.6 Å². The molecule has 1 aliphatic rings. The molecule has 176 valence electrons. The number of amides is 1. The number of ether oxygens (including phenoxy) is 1. The summed E-state index contributed by atoms with van der Waals surface area (Å²) in [6.45, 7) is 4.46. The van der Waals surface area contributed by atoms with Crippen molar-refractivity contribution in [2.45, 2.75) is 39.2 Å². The molecule has 0 saturated carbocycles. The Bertz CT molecular complexity index is 1240. The van der Waals surface area contributed by atoms with Crippen molar-refractivity contribution in [2.24, 2.45) is 0 Å². The van der Waals surface area contributed by atoms with Gasteiger partial charge in [-0.15, -0.1) is 10.2 Å². The van der Waals surface area contributed by atoms with Gasteiger partial charge in [-0.2, -0.15) is 0 Å². The molecule has 4 rings (SSSR count). The second-order valence-electron chi connectivity index (χ2n) is 7.91. The molecule has 1 aliphatic heterocycles. The number of hydrogen-bond acceptors (Lipinski definition) is 7. The van der Waals surface area contributed by atoms with Crippen LogP contribution in [0.5, 0.6) is 5.75 Å². The minimum atomic E-state index is -0.887. The smallest absolute Gasteiger partial charge is 0.301 e. The number of aryl methyl sites for hydroxylation is 1. The molecule has 9 heteroatoms. The van der Waals surface area contributed by atoms with E-state index in [1.54, 1.807) is 49.4 Å². The summed E-state index contributed by atoms with van der Waals surface area (Å²) in [7, 11) is 0. The van der Waals surface area contributed by atoms with E-state index in [4.69, 9.17) is 16.3 Å². The molecule has 0 radical (unpaired) electrons. The van der Waals surface area contributed by atoms with Crippen LogP contribution in [-0.2, 0) is 9.59 Å². The van der Waals surface area contributed by atoms with E-state index in [9.17, 15) is 14.7 Å². The van der Waals surface area contributed by atoms with E-state index in [1.165, 1.54) is 16.2 Å². The SMILES string of the molecule is CCCCCOc1cccc(C2/C(=C(\O)c3ccc(Cl)cc3)C(=O)C(=O)N2c2nnc(C)s2)c1. The summed E-state index contributed by atoms with van der Waals surface area (Å²) in [4.78, 5) is 27.6. The van der Waals surface area contributed by atoms with Crippen LogP contribution in [-0.4, -0.2) is 33.6 Å². The van der Waals surface area contributed by atoms with Gasteiger partial charge in [-0.3, -0.25) is 14.5 Å². The number of aromatic nitrogens is 2. The molecular weight excluding hydrogens is 474 g/mol. The molecule has 0 bridgehead atoms. The molecule has 1 atom stereocenters. The van der Waals surface area contributed by atoms with Crippen LogP contribution in [0.4, 0.5) is 5.13 Å². The summed E-state index contributed by atoms with van der Waals surface area (Å²) >= 11 is 7.18. The van der Waals surface area contributed by atoms with Crippen molar-refractivity contribution >= 4 is 45.5 Å². The van der Waals surface area contributed by atoms with Gasteiger partial charge < -0.3 is 9.84 Å². The molecule has 7 nitrogen and oxygen atoms in total. The summed E-state index contributed by atoms with van der Waals surface area (Å²) in [5, 5.41) is 20.7. The van der Waals surface area contributed by atoms with E-state index >= 15 is 0 Å². The Labute approximate surface area is 206 Å². The van der Waals surface area contributed by atoms with Gasteiger partial charge in [0.25, 0.3) is 5.78 Å². The lowest BCUT2D eigenvalue weighted by atomic mass is 9.95. The van der Waals surface area contributed by atoms with Gasteiger partial charge in [0.2, 0.25) is 5.13 Å². The number of carbonyl (C=O) groups excluding carboxylic acids is 2. The van der Waals surface area contributed by atoms with Gasteiger partial charge in [-0.1, -0.05) is 54.8 Å². The van der Waals surface area contributed by atoms with E-state index in [0.717, 1.165) is 19.3 Å². The van der Waals surface area contributed by atoms with E-state index in [-0.39, 0.29) is 16.5 Å². The number of anilines is 1. The normalized spacial score (nSPS) is 17.4. The van der Waals surface area contributed by atoms with Crippen molar-refractivity contribution in [1.29, 1.82) is 0 Å². The molecule has 2 heterocycles. The highest BCUT2D eigenvalue weighted by molar-refractivity contribution is 7.15. The standard InChI is InChI=1S/C25H24ClN3O4S/c1-3-4-5-13-33-19-8-6-7-17(14-19)21-20(22(30)16-9-11-18(26)12-10-16)23(31)24(32)29(21)25-28-27-15(2)34-25/h6-12,14,21,30H,3-5,13H2,1-2H3/b22-20+. The highest BCUT2D eigenvalue weighted by atomic mass is 35.5. The Hall–Kier alpha value is -3.23. The highest BCUT2D eigenvalue weighted by Crippen LogP contribution is 2.43. The summed E-state index contributed by atoms with van der Waals surface area (Å²) in [5.74, 6) is -1.22. The lowest BCUT2D eigenvalue weighted by molar-refractivity contribution is -0.132. The first kappa shape index (κ1) is 23.9. The molecule has 3 aromatic rings. The third kappa shape index (κ3) is 4.83. The number of ketones is 1. The Morgan fingerprint density at radius 3 is 2.59 bits per heavy atom. The van der Waals surface area contributed by atoms with Crippen LogP contribution in [0.1, 0.15) is 48.4 Å². The Kier molecular flexibility index (Phi) is 7.29. The number of halogens is 1. The summed E-state index contributed by atoms with van der Waals surface area (Å²) in [5.41, 5.74) is 0.978. The van der Waals surface area contributed by atoms with Gasteiger partial charge in [-0.05, 0) is 55.3 Å². The monoisotopic (exact) mass is 497 g/mol. The molecule has 0 spiro atoms. The van der Waals surface area contributed by atoms with Crippen LogP contribution in [0, 0.1) is 6.92 Å². The van der Waals surface area contributed by atoms with Crippen LogP contribution in [0.3, 0.4) is 0 Å². The van der Waals surface area contributed by atoms with E-state index < -0.39 is 17.7 Å². The molecule has 0 aliphatic carbocycles. The van der Waals surface area contributed by atoms with Crippen molar-refractivity contribution in [3.05, 3.63) is 75.3 Å². The third-order valence-corrected chi connectivity index (χ3v) is 6.56. The molecule has 1 saturated heterocycles. The minimum Gasteiger partial charge on any atom is -0.507 e. The van der Waals surface area contributed by atoms with Gasteiger partial charge in [0.05, 0.1) is 18.2 Å². The second-order valence-corrected chi connectivity index (χ2v) is 9.50. The average molecular weight is 498 g/mol. The number of rotatable bonds is 8. The van der Waals surface area contributed by atoms with Gasteiger partial charge in [-0.25, -0.2) is 0 Å². The molecule has 1 amide bonds. The Morgan fingerprint density at radius 2 is 1.91 bits per heavy atom. The molecule has 1 fully saturated rings. The molecule has 2 aromatic carbocycles. The lowest BCUT2D eigenvalue weighted by Crippen LogP contribution is -2.29. The molecule has 1 unspecified atom stereocenters. The fourth-order valence-corrected chi connectivity index (χ4v) is 4.65. The number of Topliss-reactive ketones (excluding diaryl/α,β-unsaturated/α-hetero) is 1. The number of benzene rings is 2. The number of nitrogens with zero attached hydrogens (tertiary/aromatic N) is 3. The Morgan fingerprint density at radius 1 is 1.15 bits per heavy atom. The fourth-order valence-electron chi connectivity index (χ4n) is 3.81. The number of carbonyl (C=O) groups is 2. The summed E-state index contributed by atoms with van der Waals surface area (Å²) < 4.78 is 5.89. The average Bonchev–Trinajstić information content (AvgIpc) is 3.37. The van der Waals surface area contributed by atoms with Gasteiger partial charge in [0.15, 0.2) is 0 Å². The zero-order chi connectivity index (χ0) is 24.2. The third-order valence-electron chi connectivity index (χ3n) is 5.47. The maximum absolute atomic E-state index is 13.2. The topological polar surface area (TPSA) is 92.6 Å². The van der Waals surface area contributed by atoms with Crippen molar-refractivity contribution in [1.82, 2.24) is 10.2 Å². The van der Waals surface area contributed by atoms with Gasteiger partial charge in [0.1, 0.15) is 16.5 Å². The van der Waals surface area contributed by atoms with Crippen LogP contribution in [0.25, 0.3) is 5.76 Å². The van der Waals surface area contributed by atoms with Crippen LogP contribution >= 0.6 is 22.9 Å². The van der Waals surface area contributed by atoms with Gasteiger partial charge >= 0.3 is 5.91 Å². The Balaban J connectivity index is 1.81. The number of aliphatic hydroxyl groups excluding tert-OH is 1. The second kappa shape index (κ2) is 10.4. The molecule has 34 heavy (non-hydrogen) atoms. The van der Waals surface area contributed by atoms with E-state index in [1.807, 2.05) is 6.07 Å². The molecular formula is C25H24ClN3O4S. The van der Waals surface area contributed by atoms with E-state index in [2.05, 4.69) is 17.1 Å². The first-order valence-corrected chi connectivity index (χ1v) is 12.2. The van der Waals surface area contributed by atoms with Crippen LogP contribution < -0.4 is 9.64 Å². The zero-order valence-corrected chi connectivity index (χ0v) is 20.4. The molecule has 1 N–H and O–H groups in total. The minimum absolute atomic E-state index is 0.0247. The first-order valence-electron chi connectivity index (χ1n) is 11.0. The summed E-state index contributed by atoms with van der Waals surface area (Å²) in [6, 6.07) is 12.8.